The van der Waals surface area contributed by atoms with E-state index in [4.69, 9.17) is 16.3 Å². The molecule has 0 aliphatic heterocycles. The molecule has 2 aromatic heterocycles. The van der Waals surface area contributed by atoms with Crippen molar-refractivity contribution in [2.24, 2.45) is 0 Å². The molecule has 0 radical (unpaired) electrons. The molecule has 2 rings (SSSR count). The third kappa shape index (κ3) is 4.32. The number of quaternary nitrogens is 1. The van der Waals surface area contributed by atoms with E-state index in [1.807, 2.05) is 26.1 Å². The van der Waals surface area contributed by atoms with Crippen LogP contribution in [0.1, 0.15) is 50.8 Å². The van der Waals surface area contributed by atoms with Gasteiger partial charge in [-0.2, -0.15) is 0 Å². The second-order valence-corrected chi connectivity index (χ2v) is 7.96. The van der Waals surface area contributed by atoms with E-state index in [0.29, 0.717) is 35.7 Å². The molecule has 0 amide bonds. The second kappa shape index (κ2) is 8.17. The van der Waals surface area contributed by atoms with Crippen molar-refractivity contribution in [3.63, 3.8) is 0 Å². The topological polar surface area (TPSA) is 63.6 Å². The molecule has 2 N–H and O–H groups in total. The van der Waals surface area contributed by atoms with Gasteiger partial charge in [-0.25, -0.2) is 4.79 Å². The number of likely N-dealkylation sites (N-methyl/N-ethyl adjacent to an activating group) is 1. The Morgan fingerprint density at radius 1 is 1.36 bits per heavy atom. The molecule has 2 aromatic rings. The molecule has 0 saturated carbocycles. The van der Waals surface area contributed by atoms with Crippen molar-refractivity contribution in [3.05, 3.63) is 43.9 Å². The Morgan fingerprint density at radius 3 is 2.60 bits per heavy atom. The maximum absolute atomic E-state index is 12.9. The van der Waals surface area contributed by atoms with Crippen LogP contribution in [0.2, 0.25) is 4.34 Å². The van der Waals surface area contributed by atoms with Gasteiger partial charge in [0, 0.05) is 5.69 Å². The second-order valence-electron chi connectivity index (χ2n) is 6.16. The van der Waals surface area contributed by atoms with Crippen LogP contribution in [0.25, 0.3) is 0 Å². The summed E-state index contributed by atoms with van der Waals surface area (Å²) in [5.41, 5.74) is 2.26. The number of aromatic amines is 1. The zero-order valence-corrected chi connectivity index (χ0v) is 16.7. The van der Waals surface area contributed by atoms with E-state index in [9.17, 15) is 9.59 Å². The molecule has 5 nitrogen and oxygen atoms in total. The van der Waals surface area contributed by atoms with Gasteiger partial charge >= 0.3 is 5.97 Å². The number of aryl methyl sites for hydroxylation is 1. The van der Waals surface area contributed by atoms with Gasteiger partial charge in [0.1, 0.15) is 6.54 Å². The van der Waals surface area contributed by atoms with Gasteiger partial charge in [0.2, 0.25) is 5.78 Å². The third-order valence-corrected chi connectivity index (χ3v) is 5.61. The molecule has 0 aliphatic carbocycles. The first-order valence-corrected chi connectivity index (χ1v) is 9.42. The van der Waals surface area contributed by atoms with E-state index >= 15 is 0 Å². The largest absolute Gasteiger partial charge is 0.462 e. The number of hydrogen-bond donors (Lipinski definition) is 2. The van der Waals surface area contributed by atoms with Gasteiger partial charge in [0.25, 0.3) is 0 Å². The minimum atomic E-state index is -0.394. The fourth-order valence-corrected chi connectivity index (χ4v) is 4.00. The Hall–Kier alpha value is -1.63. The smallest absolute Gasteiger partial charge is 0.340 e. The van der Waals surface area contributed by atoms with Gasteiger partial charge in [-0.3, -0.25) is 4.79 Å². The van der Waals surface area contributed by atoms with Crippen LogP contribution < -0.4 is 4.90 Å². The van der Waals surface area contributed by atoms with Gasteiger partial charge in [-0.1, -0.05) is 11.6 Å². The van der Waals surface area contributed by atoms with Crippen LogP contribution in [0.3, 0.4) is 0 Å². The van der Waals surface area contributed by atoms with Crippen LogP contribution in [-0.2, 0) is 11.3 Å². The van der Waals surface area contributed by atoms with Crippen molar-refractivity contribution in [2.45, 2.75) is 40.3 Å². The summed E-state index contributed by atoms with van der Waals surface area (Å²) >= 11 is 7.50. The number of aromatic nitrogens is 1. The van der Waals surface area contributed by atoms with Crippen LogP contribution in [-0.4, -0.2) is 36.4 Å². The van der Waals surface area contributed by atoms with Crippen molar-refractivity contribution in [3.8, 4) is 0 Å². The minimum absolute atomic E-state index is 0.0173. The zero-order chi connectivity index (χ0) is 18.7. The van der Waals surface area contributed by atoms with Crippen molar-refractivity contribution in [1.29, 1.82) is 0 Å². The molecule has 0 fully saturated rings. The number of ketones is 1. The Kier molecular flexibility index (Phi) is 6.43. The molecule has 0 aliphatic rings. The fourth-order valence-electron chi connectivity index (χ4n) is 2.82. The lowest BCUT2D eigenvalue weighted by molar-refractivity contribution is -0.907. The molecule has 136 valence electrons. The average Bonchev–Trinajstić information content (AvgIpc) is 3.08. The highest BCUT2D eigenvalue weighted by atomic mass is 35.5. The molecule has 0 bridgehead atoms. The number of thiophene rings is 1. The van der Waals surface area contributed by atoms with E-state index in [1.54, 1.807) is 20.8 Å². The van der Waals surface area contributed by atoms with Crippen molar-refractivity contribution >= 4 is 34.7 Å². The molecule has 0 aromatic carbocycles. The number of nitrogens with one attached hydrogen (secondary N) is 2. The van der Waals surface area contributed by atoms with Crippen LogP contribution in [0, 0.1) is 13.8 Å². The van der Waals surface area contributed by atoms with Gasteiger partial charge in [0.15, 0.2) is 6.04 Å². The summed E-state index contributed by atoms with van der Waals surface area (Å²) in [7, 11) is 1.98. The lowest BCUT2D eigenvalue weighted by Gasteiger charge is -2.20. The number of H-pyrrole nitrogens is 1. The molecule has 2 heterocycles. The summed E-state index contributed by atoms with van der Waals surface area (Å²) in [6, 6.07) is 3.59. The van der Waals surface area contributed by atoms with E-state index in [1.165, 1.54) is 11.3 Å². The number of carbonyl (C=O) groups excluding carboxylic acids is 2. The number of Topliss-reactive ketones (excluding diaryl/α,β-unsaturated/α-hetero) is 1. The van der Waals surface area contributed by atoms with Crippen molar-refractivity contribution in [2.75, 3.05) is 13.7 Å². The summed E-state index contributed by atoms with van der Waals surface area (Å²) in [4.78, 5) is 30.3. The highest BCUT2D eigenvalue weighted by molar-refractivity contribution is 7.16. The van der Waals surface area contributed by atoms with E-state index in [-0.39, 0.29) is 11.8 Å². The third-order valence-electron chi connectivity index (χ3n) is 4.38. The van der Waals surface area contributed by atoms with Gasteiger partial charge in [0.05, 0.1) is 34.1 Å². The zero-order valence-electron chi connectivity index (χ0n) is 15.2. The number of halogens is 1. The quantitative estimate of drug-likeness (QED) is 0.570. The van der Waals surface area contributed by atoms with Crippen LogP contribution in [0.5, 0.6) is 0 Å². The molecule has 0 saturated heterocycles. The minimum Gasteiger partial charge on any atom is -0.462 e. The van der Waals surface area contributed by atoms with Crippen LogP contribution in [0.15, 0.2) is 12.1 Å². The summed E-state index contributed by atoms with van der Waals surface area (Å²) in [6.07, 6.45) is 0. The molecule has 7 heteroatoms. The number of hydrogen-bond acceptors (Lipinski definition) is 4. The normalized spacial score (nSPS) is 13.5. The number of rotatable bonds is 7. The lowest BCUT2D eigenvalue weighted by Crippen LogP contribution is -3.12. The molecule has 0 spiro atoms. The number of esters is 1. The molecule has 1 unspecified atom stereocenters. The van der Waals surface area contributed by atoms with E-state index in [2.05, 4.69) is 4.98 Å². The number of carbonyl (C=O) groups is 2. The van der Waals surface area contributed by atoms with Gasteiger partial charge in [-0.15, -0.1) is 11.3 Å². The highest BCUT2D eigenvalue weighted by Crippen LogP contribution is 2.21. The van der Waals surface area contributed by atoms with Crippen molar-refractivity contribution < 1.29 is 19.2 Å². The van der Waals surface area contributed by atoms with Crippen LogP contribution in [0.4, 0.5) is 0 Å². The summed E-state index contributed by atoms with van der Waals surface area (Å²) < 4.78 is 5.83. The van der Waals surface area contributed by atoms with Crippen molar-refractivity contribution in [1.82, 2.24) is 4.98 Å². The average molecular weight is 384 g/mol. The number of ether oxygens (including phenoxy) is 1. The predicted molar refractivity (Wildman–Crippen MR) is 99.9 cm³/mol. The summed E-state index contributed by atoms with van der Waals surface area (Å²) in [5, 5.41) is 0. The first-order chi connectivity index (χ1) is 11.8. The first-order valence-electron chi connectivity index (χ1n) is 8.23. The Balaban J connectivity index is 2.19. The molecular formula is C18H24ClN2O3S+. The monoisotopic (exact) mass is 383 g/mol. The standard InChI is InChI=1S/C18H23ClN2O3S/c1-6-24-18(23)15-10(2)16(20-11(15)3)17(22)12(4)21(5)9-13-7-8-14(19)25-13/h7-8,12,20H,6,9H2,1-5H3/p+1/t12-/m0/s1. The maximum Gasteiger partial charge on any atom is 0.340 e. The van der Waals surface area contributed by atoms with Crippen LogP contribution >= 0.6 is 22.9 Å². The predicted octanol–water partition coefficient (Wildman–Crippen LogP) is 2.81. The SMILES string of the molecule is CCOC(=O)c1c(C)[nH]c(C(=O)[C@H](C)[NH+](C)Cc2ccc(Cl)s2)c1C. The lowest BCUT2D eigenvalue weighted by atomic mass is 10.0. The van der Waals surface area contributed by atoms with Gasteiger partial charge < -0.3 is 14.6 Å². The Morgan fingerprint density at radius 2 is 2.04 bits per heavy atom. The first kappa shape index (κ1) is 19.7. The Bertz CT molecular complexity index is 781. The molecule has 25 heavy (non-hydrogen) atoms. The molecule has 2 atom stereocenters. The van der Waals surface area contributed by atoms with Gasteiger partial charge in [-0.05, 0) is 45.4 Å². The summed E-state index contributed by atoms with van der Waals surface area (Å²) in [5.74, 6) is -0.411. The maximum atomic E-state index is 12.9. The molecular weight excluding hydrogens is 360 g/mol. The van der Waals surface area contributed by atoms with E-state index < -0.39 is 5.97 Å². The van der Waals surface area contributed by atoms with E-state index in [0.717, 1.165) is 14.1 Å². The fraction of sp³-hybridized carbons (Fsp3) is 0.444. The highest BCUT2D eigenvalue weighted by Gasteiger charge is 2.29. The summed E-state index contributed by atoms with van der Waals surface area (Å²) in [6.45, 7) is 8.24. The Labute approximate surface area is 156 Å².